The molecule has 0 unspecified atom stereocenters. The van der Waals surface area contributed by atoms with Crippen molar-refractivity contribution >= 4 is 76.5 Å². The molecule has 0 saturated heterocycles. The third-order valence-electron chi connectivity index (χ3n) is 9.50. The first-order valence-electron chi connectivity index (χ1n) is 15.0. The van der Waals surface area contributed by atoms with Crippen LogP contribution in [-0.4, -0.2) is 4.57 Å². The first-order chi connectivity index (χ1) is 20.9. The summed E-state index contributed by atoms with van der Waals surface area (Å²) < 4.78 is 6.37. The largest absolute Gasteiger partial charge is 0.310 e. The zero-order chi connectivity index (χ0) is 29.5. The summed E-state index contributed by atoms with van der Waals surface area (Å²) in [6.45, 7) is 10.8. The lowest BCUT2D eigenvalue weighted by atomic mass is 9.82. The van der Waals surface area contributed by atoms with Crippen LogP contribution in [0.3, 0.4) is 0 Å². The fourth-order valence-electron chi connectivity index (χ4n) is 7.43. The molecule has 0 radical (unpaired) electrons. The van der Waals surface area contributed by atoms with Crippen LogP contribution in [0, 0.1) is 0 Å². The monoisotopic (exact) mass is 637 g/mol. The maximum absolute atomic E-state index is 3.93. The van der Waals surface area contributed by atoms with Crippen molar-refractivity contribution < 1.29 is 0 Å². The lowest BCUT2D eigenvalue weighted by Gasteiger charge is -2.21. The molecule has 2 heterocycles. The summed E-state index contributed by atoms with van der Waals surface area (Å²) in [7, 11) is 0. The maximum Gasteiger partial charge on any atom is 0.0544 e. The van der Waals surface area contributed by atoms with Gasteiger partial charge in [-0.15, -0.1) is 11.3 Å². The topological polar surface area (TPSA) is 4.93 Å². The van der Waals surface area contributed by atoms with E-state index >= 15 is 0 Å². The van der Waals surface area contributed by atoms with Crippen LogP contribution in [0.5, 0.6) is 0 Å². The van der Waals surface area contributed by atoms with E-state index in [0.717, 1.165) is 18.5 Å². The molecule has 3 heteroatoms. The van der Waals surface area contributed by atoms with Gasteiger partial charge in [-0.2, -0.15) is 0 Å². The smallest absolute Gasteiger partial charge is 0.0544 e. The molecule has 210 valence electrons. The van der Waals surface area contributed by atoms with Gasteiger partial charge in [0.25, 0.3) is 0 Å². The molecule has 1 nitrogen and oxygen atoms in total. The maximum atomic E-state index is 3.93. The predicted molar refractivity (Wildman–Crippen MR) is 191 cm³/mol. The van der Waals surface area contributed by atoms with Gasteiger partial charge in [0.1, 0.15) is 0 Å². The molecular formula is C40H32BrNS. The first-order valence-corrected chi connectivity index (χ1v) is 16.6. The van der Waals surface area contributed by atoms with Crippen LogP contribution in [0.25, 0.3) is 60.4 Å². The third kappa shape index (κ3) is 3.81. The minimum Gasteiger partial charge on any atom is -0.310 e. The Balaban J connectivity index is 1.46. The molecule has 0 spiro atoms. The van der Waals surface area contributed by atoms with Crippen molar-refractivity contribution in [1.82, 2.24) is 4.57 Å². The number of halogens is 1. The van der Waals surface area contributed by atoms with Crippen LogP contribution in [0.15, 0.2) is 108 Å². The quantitative estimate of drug-likeness (QED) is 0.169. The highest BCUT2D eigenvalue weighted by Crippen LogP contribution is 2.51. The molecular weight excluding hydrogens is 606 g/mol. The second kappa shape index (κ2) is 9.80. The summed E-state index contributed by atoms with van der Waals surface area (Å²) in [5, 5.41) is 5.35. The normalized spacial score (nSPS) is 15.7. The van der Waals surface area contributed by atoms with Crippen molar-refractivity contribution in [2.24, 2.45) is 0 Å². The van der Waals surface area contributed by atoms with Gasteiger partial charge in [0, 0.05) is 41.0 Å². The Hall–Kier alpha value is -3.92. The SMILES string of the molecule is C=C/C=C\C(=C/C)n1c2ccc(C3=c4sc5c(Br)cccc5c4=CCC3)cc2c2cc3c(cc21)C(C)(C)c1ccccc1-3. The minimum absolute atomic E-state index is 0.0556. The van der Waals surface area contributed by atoms with E-state index in [2.05, 4.69) is 139 Å². The van der Waals surface area contributed by atoms with Gasteiger partial charge in [-0.1, -0.05) is 87.2 Å². The predicted octanol–water partition coefficient (Wildman–Crippen LogP) is 10.5. The highest BCUT2D eigenvalue weighted by Gasteiger charge is 2.36. The Morgan fingerprint density at radius 3 is 2.58 bits per heavy atom. The molecule has 0 bridgehead atoms. The average molecular weight is 639 g/mol. The zero-order valence-electron chi connectivity index (χ0n) is 24.7. The van der Waals surface area contributed by atoms with Crippen molar-refractivity contribution in [3.8, 4) is 11.1 Å². The Bertz CT molecular complexity index is 2360. The Morgan fingerprint density at radius 2 is 1.74 bits per heavy atom. The van der Waals surface area contributed by atoms with Gasteiger partial charge in [0.05, 0.1) is 11.0 Å². The van der Waals surface area contributed by atoms with Gasteiger partial charge < -0.3 is 4.57 Å². The number of allylic oxidation sites excluding steroid dienone is 5. The number of hydrogen-bond acceptors (Lipinski definition) is 1. The molecule has 0 saturated carbocycles. The molecule has 0 amide bonds. The summed E-state index contributed by atoms with van der Waals surface area (Å²) in [6.07, 6.45) is 12.8. The molecule has 0 N–H and O–H groups in total. The van der Waals surface area contributed by atoms with Crippen molar-refractivity contribution in [3.05, 3.63) is 135 Å². The number of fused-ring (bicyclic) bond motifs is 9. The van der Waals surface area contributed by atoms with E-state index in [-0.39, 0.29) is 5.41 Å². The van der Waals surface area contributed by atoms with E-state index in [1.54, 1.807) is 0 Å². The number of rotatable bonds is 4. The fraction of sp³-hybridized carbons (Fsp3) is 0.150. The van der Waals surface area contributed by atoms with Gasteiger partial charge in [0.2, 0.25) is 0 Å². The number of hydrogen-bond donors (Lipinski definition) is 0. The molecule has 6 aromatic rings. The van der Waals surface area contributed by atoms with Crippen molar-refractivity contribution in [1.29, 1.82) is 0 Å². The van der Waals surface area contributed by atoms with Gasteiger partial charge in [0.15, 0.2) is 0 Å². The van der Waals surface area contributed by atoms with E-state index in [1.807, 2.05) is 23.5 Å². The molecule has 2 aromatic heterocycles. The summed E-state index contributed by atoms with van der Waals surface area (Å²) in [6, 6.07) is 27.6. The highest BCUT2D eigenvalue weighted by molar-refractivity contribution is 9.10. The second-order valence-electron chi connectivity index (χ2n) is 12.1. The summed E-state index contributed by atoms with van der Waals surface area (Å²) in [5.41, 5.74) is 11.9. The lowest BCUT2D eigenvalue weighted by Crippen LogP contribution is -2.25. The minimum atomic E-state index is -0.0556. The molecule has 2 aliphatic rings. The molecule has 0 aliphatic heterocycles. The molecule has 0 atom stereocenters. The number of benzene rings is 4. The summed E-state index contributed by atoms with van der Waals surface area (Å²) in [4.78, 5) is 0. The highest BCUT2D eigenvalue weighted by atomic mass is 79.9. The molecule has 4 aromatic carbocycles. The fourth-order valence-corrected chi connectivity index (χ4v) is 9.34. The lowest BCUT2D eigenvalue weighted by molar-refractivity contribution is 0.661. The Morgan fingerprint density at radius 1 is 0.907 bits per heavy atom. The first kappa shape index (κ1) is 26.7. The number of nitrogens with zero attached hydrogens (tertiary/aromatic N) is 1. The van der Waals surface area contributed by atoms with E-state index in [9.17, 15) is 0 Å². The van der Waals surface area contributed by atoms with Crippen LogP contribution < -0.4 is 9.75 Å². The standard InChI is InChI=1S/C40H32BrNS/c1-5-7-12-25(6-2)42-36-20-19-24(26-14-10-15-28-29-16-11-18-35(41)39(29)43-38(26)28)21-31(36)32-22-30-27-13-8-9-17-33(27)40(3,4)34(30)23-37(32)42/h5-9,11-13,15-23H,1,10,14H2,2-4H3/b12-7-,25-6+. The van der Waals surface area contributed by atoms with E-state index < -0.39 is 0 Å². The second-order valence-corrected chi connectivity index (χ2v) is 14.0. The van der Waals surface area contributed by atoms with Gasteiger partial charge in [-0.25, -0.2) is 0 Å². The third-order valence-corrected chi connectivity index (χ3v) is 11.7. The van der Waals surface area contributed by atoms with Crippen LogP contribution in [0.1, 0.15) is 50.3 Å². The van der Waals surface area contributed by atoms with Crippen molar-refractivity contribution in [2.45, 2.75) is 39.0 Å². The van der Waals surface area contributed by atoms with Crippen molar-refractivity contribution in [3.63, 3.8) is 0 Å². The van der Waals surface area contributed by atoms with Crippen LogP contribution in [0.4, 0.5) is 0 Å². The molecule has 8 rings (SSSR count). The van der Waals surface area contributed by atoms with E-state index in [0.29, 0.717) is 0 Å². The molecule has 0 fully saturated rings. The van der Waals surface area contributed by atoms with Gasteiger partial charge >= 0.3 is 0 Å². The Kier molecular flexibility index (Phi) is 6.08. The van der Waals surface area contributed by atoms with Crippen LogP contribution >= 0.6 is 27.3 Å². The van der Waals surface area contributed by atoms with Crippen molar-refractivity contribution in [2.75, 3.05) is 0 Å². The summed E-state index contributed by atoms with van der Waals surface area (Å²) in [5.74, 6) is 0. The Labute approximate surface area is 264 Å². The number of aromatic nitrogens is 1. The van der Waals surface area contributed by atoms with Gasteiger partial charge in [-0.3, -0.25) is 0 Å². The summed E-state index contributed by atoms with van der Waals surface area (Å²) >= 11 is 5.73. The molecule has 2 aliphatic carbocycles. The van der Waals surface area contributed by atoms with Gasteiger partial charge in [-0.05, 0) is 111 Å². The van der Waals surface area contributed by atoms with E-state index in [1.165, 1.54) is 79.5 Å². The zero-order valence-corrected chi connectivity index (χ0v) is 27.1. The molecule has 43 heavy (non-hydrogen) atoms. The van der Waals surface area contributed by atoms with Crippen LogP contribution in [0.2, 0.25) is 0 Å². The number of thiophene rings is 1. The van der Waals surface area contributed by atoms with Crippen LogP contribution in [-0.2, 0) is 5.41 Å². The van der Waals surface area contributed by atoms with E-state index in [4.69, 9.17) is 0 Å². The average Bonchev–Trinajstić information content (AvgIpc) is 3.64.